The number of nitrogens with zero attached hydrogens (tertiary/aromatic N) is 2. The summed E-state index contributed by atoms with van der Waals surface area (Å²) in [7, 11) is 4.46. The van der Waals surface area contributed by atoms with Crippen LogP contribution in [-0.2, 0) is 14.9 Å². The Balaban J connectivity index is 0.00000261. The molecule has 1 unspecified atom stereocenters. The summed E-state index contributed by atoms with van der Waals surface area (Å²) in [6.07, 6.45) is 6.32. The van der Waals surface area contributed by atoms with Crippen molar-refractivity contribution in [3.63, 3.8) is 0 Å². The van der Waals surface area contributed by atoms with Gasteiger partial charge in [0.2, 0.25) is 0 Å². The van der Waals surface area contributed by atoms with E-state index in [9.17, 15) is 10.1 Å². The van der Waals surface area contributed by atoms with Crippen LogP contribution >= 0.6 is 0 Å². The molecule has 1 aromatic carbocycles. The lowest BCUT2D eigenvalue weighted by atomic mass is 9.70. The molecule has 0 aromatic heterocycles. The van der Waals surface area contributed by atoms with E-state index in [0.29, 0.717) is 11.5 Å². The minimum Gasteiger partial charge on any atom is -1.00 e. The number of ether oxygens (including phenoxy) is 1. The van der Waals surface area contributed by atoms with Crippen molar-refractivity contribution >= 4 is 5.97 Å². The van der Waals surface area contributed by atoms with E-state index in [1.807, 2.05) is 25.1 Å². The lowest BCUT2D eigenvalue weighted by Gasteiger charge is -2.39. The predicted molar refractivity (Wildman–Crippen MR) is 101 cm³/mol. The molecule has 1 aliphatic heterocycles. The molecular formula is C22H31BrN2O2. The van der Waals surface area contributed by atoms with Crippen LogP contribution in [-0.4, -0.2) is 43.7 Å². The first-order valence-electron chi connectivity index (χ1n) is 9.89. The van der Waals surface area contributed by atoms with Crippen molar-refractivity contribution in [1.29, 1.82) is 5.26 Å². The van der Waals surface area contributed by atoms with Crippen molar-refractivity contribution in [1.82, 2.24) is 0 Å². The maximum atomic E-state index is 13.4. The minimum atomic E-state index is -0.662. The molecule has 0 N–H and O–H groups in total. The van der Waals surface area contributed by atoms with Crippen molar-refractivity contribution in [2.45, 2.75) is 57.0 Å². The first-order valence-corrected chi connectivity index (χ1v) is 9.89. The van der Waals surface area contributed by atoms with Gasteiger partial charge >= 0.3 is 5.97 Å². The molecule has 5 heteroatoms. The van der Waals surface area contributed by atoms with E-state index in [4.69, 9.17) is 4.74 Å². The highest BCUT2D eigenvalue weighted by molar-refractivity contribution is 5.83. The van der Waals surface area contributed by atoms with Crippen molar-refractivity contribution in [3.05, 3.63) is 35.4 Å². The molecule has 2 aliphatic rings. The van der Waals surface area contributed by atoms with Crippen molar-refractivity contribution in [2.75, 3.05) is 27.2 Å². The lowest BCUT2D eigenvalue weighted by molar-refractivity contribution is -0.896. The zero-order chi connectivity index (χ0) is 18.8. The summed E-state index contributed by atoms with van der Waals surface area (Å²) in [5, 5.41) is 9.27. The smallest absolute Gasteiger partial charge is 0.316 e. The zero-order valence-corrected chi connectivity index (χ0v) is 18.3. The molecular weight excluding hydrogens is 404 g/mol. The number of hydrogen-bond donors (Lipinski definition) is 0. The Kier molecular flexibility index (Phi) is 7.10. The number of hydrogen-bond acceptors (Lipinski definition) is 3. The van der Waals surface area contributed by atoms with Crippen LogP contribution in [0.15, 0.2) is 24.3 Å². The van der Waals surface area contributed by atoms with E-state index in [-0.39, 0.29) is 29.1 Å². The fourth-order valence-corrected chi connectivity index (χ4v) is 4.57. The molecule has 1 heterocycles. The molecule has 0 amide bonds. The quantitative estimate of drug-likeness (QED) is 0.519. The molecule has 2 fully saturated rings. The van der Waals surface area contributed by atoms with Gasteiger partial charge < -0.3 is 26.2 Å². The van der Waals surface area contributed by atoms with Gasteiger partial charge in [-0.3, -0.25) is 4.79 Å². The fourth-order valence-electron chi connectivity index (χ4n) is 4.57. The number of benzene rings is 1. The van der Waals surface area contributed by atoms with Crippen LogP contribution in [0.2, 0.25) is 0 Å². The molecule has 1 aromatic rings. The Labute approximate surface area is 173 Å². The topological polar surface area (TPSA) is 50.1 Å². The van der Waals surface area contributed by atoms with Gasteiger partial charge in [-0.2, -0.15) is 5.26 Å². The van der Waals surface area contributed by atoms with Gasteiger partial charge in [-0.25, -0.2) is 0 Å². The van der Waals surface area contributed by atoms with Crippen LogP contribution in [0.5, 0.6) is 0 Å². The molecule has 1 saturated carbocycles. The largest absolute Gasteiger partial charge is 1.00 e. The molecule has 0 bridgehead atoms. The molecule has 0 spiro atoms. The monoisotopic (exact) mass is 434 g/mol. The first kappa shape index (κ1) is 21.9. The summed E-state index contributed by atoms with van der Waals surface area (Å²) < 4.78 is 7.06. The number of piperidine rings is 1. The van der Waals surface area contributed by atoms with Crippen LogP contribution in [0.25, 0.3) is 0 Å². The predicted octanol–water partition coefficient (Wildman–Crippen LogP) is 0.792. The number of halogens is 1. The van der Waals surface area contributed by atoms with Crippen LogP contribution < -0.4 is 17.0 Å². The van der Waals surface area contributed by atoms with Gasteiger partial charge in [-0.05, 0) is 43.4 Å². The number of carbonyl (C=O) groups is 1. The van der Waals surface area contributed by atoms with E-state index in [2.05, 4.69) is 20.2 Å². The number of rotatable bonds is 4. The Bertz CT molecular complexity index is 697. The van der Waals surface area contributed by atoms with Crippen molar-refractivity contribution in [3.8, 4) is 6.07 Å². The maximum Gasteiger partial charge on any atom is 0.316 e. The van der Waals surface area contributed by atoms with Crippen LogP contribution in [0, 0.1) is 17.2 Å². The molecule has 1 saturated heterocycles. The molecule has 0 radical (unpaired) electrons. The van der Waals surface area contributed by atoms with Gasteiger partial charge in [0, 0.05) is 12.8 Å². The number of nitriles is 1. The third-order valence-corrected chi connectivity index (χ3v) is 6.57. The van der Waals surface area contributed by atoms with Crippen molar-refractivity contribution in [2.24, 2.45) is 5.92 Å². The summed E-state index contributed by atoms with van der Waals surface area (Å²) in [6.45, 7) is 4.12. The average Bonchev–Trinajstić information content (AvgIpc) is 3.18. The number of esters is 1. The van der Waals surface area contributed by atoms with Gasteiger partial charge in [-0.15, -0.1) is 0 Å². The number of carbonyl (C=O) groups excluding carboxylic acids is 1. The SMILES string of the molecule is CC(C(=O)OC1CC[N+](C)(C)CC1)(c1cccc(C#N)c1)C1CCCC1.[Br-]. The zero-order valence-electron chi connectivity index (χ0n) is 16.7. The Hall–Kier alpha value is -1.38. The lowest BCUT2D eigenvalue weighted by Crippen LogP contribution is -3.00. The molecule has 3 rings (SSSR count). The van der Waals surface area contributed by atoms with Gasteiger partial charge in [0.15, 0.2) is 0 Å². The summed E-state index contributed by atoms with van der Waals surface area (Å²) in [5.41, 5.74) is 0.877. The van der Waals surface area contributed by atoms with Crippen LogP contribution in [0.1, 0.15) is 56.6 Å². The second kappa shape index (κ2) is 8.75. The highest BCUT2D eigenvalue weighted by Gasteiger charge is 2.46. The van der Waals surface area contributed by atoms with E-state index in [1.165, 1.54) is 12.8 Å². The Morgan fingerprint density at radius 1 is 1.19 bits per heavy atom. The van der Waals surface area contributed by atoms with Gasteiger partial charge in [0.05, 0.1) is 44.2 Å². The number of quaternary nitrogens is 1. The summed E-state index contributed by atoms with van der Waals surface area (Å²) in [4.78, 5) is 13.4. The van der Waals surface area contributed by atoms with Gasteiger partial charge in [-0.1, -0.05) is 25.0 Å². The van der Waals surface area contributed by atoms with Crippen molar-refractivity contribution < 1.29 is 31.0 Å². The average molecular weight is 435 g/mol. The fraction of sp³-hybridized carbons (Fsp3) is 0.636. The highest BCUT2D eigenvalue weighted by atomic mass is 79.9. The highest BCUT2D eigenvalue weighted by Crippen LogP contribution is 2.43. The summed E-state index contributed by atoms with van der Waals surface area (Å²) >= 11 is 0. The van der Waals surface area contributed by atoms with Crippen LogP contribution in [0.4, 0.5) is 0 Å². The molecule has 1 aliphatic carbocycles. The second-order valence-corrected chi connectivity index (χ2v) is 8.86. The number of likely N-dealkylation sites (tertiary alicyclic amines) is 1. The van der Waals surface area contributed by atoms with E-state index >= 15 is 0 Å². The van der Waals surface area contributed by atoms with Crippen LogP contribution in [0.3, 0.4) is 0 Å². The van der Waals surface area contributed by atoms with E-state index < -0.39 is 5.41 Å². The van der Waals surface area contributed by atoms with E-state index in [0.717, 1.165) is 48.8 Å². The van der Waals surface area contributed by atoms with Gasteiger partial charge in [0.1, 0.15) is 6.10 Å². The summed E-state index contributed by atoms with van der Waals surface area (Å²) in [5.74, 6) is 0.191. The third kappa shape index (κ3) is 4.73. The Morgan fingerprint density at radius 2 is 1.81 bits per heavy atom. The first-order chi connectivity index (χ1) is 12.3. The molecule has 148 valence electrons. The third-order valence-electron chi connectivity index (χ3n) is 6.57. The maximum absolute atomic E-state index is 13.4. The second-order valence-electron chi connectivity index (χ2n) is 8.86. The van der Waals surface area contributed by atoms with Gasteiger partial charge in [0.25, 0.3) is 0 Å². The normalized spacial score (nSPS) is 22.3. The Morgan fingerprint density at radius 3 is 2.41 bits per heavy atom. The summed E-state index contributed by atoms with van der Waals surface area (Å²) in [6, 6.07) is 9.75. The van der Waals surface area contributed by atoms with E-state index in [1.54, 1.807) is 6.07 Å². The molecule has 27 heavy (non-hydrogen) atoms. The standard InChI is InChI=1S/C22H31N2O2.BrH/c1-22(18-8-4-5-9-18,19-10-6-7-17(15-19)16-23)21(25)26-20-11-13-24(2,3)14-12-20;/h6-7,10,15,18,20H,4-5,8-9,11-14H2,1-3H3;1H/q+1;/p-1. The molecule has 4 nitrogen and oxygen atoms in total. The minimum absolute atomic E-state index is 0. The molecule has 1 atom stereocenters.